The summed E-state index contributed by atoms with van der Waals surface area (Å²) in [6.45, 7) is 3.28. The number of hydrogen-bond acceptors (Lipinski definition) is 4. The number of benzene rings is 1. The molecule has 19 heavy (non-hydrogen) atoms. The molecule has 102 valence electrons. The number of ether oxygens (including phenoxy) is 1. The van der Waals surface area contributed by atoms with E-state index >= 15 is 0 Å². The Balaban J connectivity index is 2.11. The van der Waals surface area contributed by atoms with Crippen LogP contribution in [0.5, 0.6) is 5.75 Å². The zero-order valence-electron chi connectivity index (χ0n) is 11.3. The van der Waals surface area contributed by atoms with Crippen LogP contribution in [0.2, 0.25) is 0 Å². The number of aromatic nitrogens is 1. The lowest BCUT2D eigenvalue weighted by Gasteiger charge is -2.09. The lowest BCUT2D eigenvalue weighted by Crippen LogP contribution is -1.98. The van der Waals surface area contributed by atoms with E-state index in [0.717, 1.165) is 30.0 Å². The van der Waals surface area contributed by atoms with Gasteiger partial charge in [-0.3, -0.25) is 0 Å². The summed E-state index contributed by atoms with van der Waals surface area (Å²) < 4.78 is 11.1. The lowest BCUT2D eigenvalue weighted by molar-refractivity contribution is 0.306. The molecule has 0 atom stereocenters. The fourth-order valence-electron chi connectivity index (χ4n) is 1.87. The molecule has 0 aliphatic heterocycles. The van der Waals surface area contributed by atoms with Gasteiger partial charge in [0.1, 0.15) is 5.75 Å². The second kappa shape index (κ2) is 6.95. The summed E-state index contributed by atoms with van der Waals surface area (Å²) in [6, 6.07) is 9.69. The maximum atomic E-state index is 5.82. The van der Waals surface area contributed by atoms with Crippen LogP contribution in [0.1, 0.15) is 31.9 Å². The van der Waals surface area contributed by atoms with Crippen molar-refractivity contribution in [2.24, 2.45) is 5.73 Å². The number of nitrogens with two attached hydrogens (primary N) is 1. The molecule has 0 radical (unpaired) electrons. The van der Waals surface area contributed by atoms with E-state index in [9.17, 15) is 0 Å². The third kappa shape index (κ3) is 3.58. The van der Waals surface area contributed by atoms with Crippen LogP contribution in [-0.2, 0) is 6.54 Å². The van der Waals surface area contributed by atoms with E-state index < -0.39 is 0 Å². The predicted molar refractivity (Wildman–Crippen MR) is 74.9 cm³/mol. The van der Waals surface area contributed by atoms with Gasteiger partial charge < -0.3 is 15.0 Å². The largest absolute Gasteiger partial charge is 0.493 e. The zero-order valence-corrected chi connectivity index (χ0v) is 11.3. The Hall–Kier alpha value is -1.81. The van der Waals surface area contributed by atoms with Crippen LogP contribution < -0.4 is 10.5 Å². The van der Waals surface area contributed by atoms with Gasteiger partial charge in [-0.15, -0.1) is 0 Å². The number of nitrogens with zero attached hydrogens (tertiary/aromatic N) is 1. The van der Waals surface area contributed by atoms with Crippen molar-refractivity contribution in [1.29, 1.82) is 0 Å². The topological polar surface area (TPSA) is 61.3 Å². The standard InChI is InChI=1S/C15H20N2O2/c1-2-3-6-9-18-14-8-5-4-7-13(14)15-10-12(11-16)17-19-15/h4-5,7-8,10H,2-3,6,9,11,16H2,1H3. The summed E-state index contributed by atoms with van der Waals surface area (Å²) in [4.78, 5) is 0. The molecule has 0 aliphatic carbocycles. The highest BCUT2D eigenvalue weighted by atomic mass is 16.5. The van der Waals surface area contributed by atoms with Gasteiger partial charge in [0.15, 0.2) is 5.76 Å². The van der Waals surface area contributed by atoms with Gasteiger partial charge in [0, 0.05) is 12.6 Å². The number of para-hydroxylation sites is 1. The van der Waals surface area contributed by atoms with E-state index in [1.54, 1.807) is 0 Å². The highest BCUT2D eigenvalue weighted by molar-refractivity contribution is 5.65. The van der Waals surface area contributed by atoms with Crippen molar-refractivity contribution in [3.63, 3.8) is 0 Å². The smallest absolute Gasteiger partial charge is 0.170 e. The molecular formula is C15H20N2O2. The van der Waals surface area contributed by atoms with E-state index in [-0.39, 0.29) is 0 Å². The van der Waals surface area contributed by atoms with Crippen LogP contribution in [0.15, 0.2) is 34.9 Å². The molecule has 0 unspecified atom stereocenters. The number of rotatable bonds is 7. The molecule has 0 amide bonds. The number of unbranched alkanes of at least 4 members (excludes halogenated alkanes) is 2. The molecule has 0 bridgehead atoms. The highest BCUT2D eigenvalue weighted by Crippen LogP contribution is 2.30. The molecule has 0 saturated heterocycles. The molecule has 0 spiro atoms. The average molecular weight is 260 g/mol. The van der Waals surface area contributed by atoms with Crippen molar-refractivity contribution >= 4 is 0 Å². The fraction of sp³-hybridized carbons (Fsp3) is 0.400. The Morgan fingerprint density at radius 2 is 2.11 bits per heavy atom. The summed E-state index contributed by atoms with van der Waals surface area (Å²) in [7, 11) is 0. The first-order chi connectivity index (χ1) is 9.35. The fourth-order valence-corrected chi connectivity index (χ4v) is 1.87. The second-order valence-electron chi connectivity index (χ2n) is 4.44. The van der Waals surface area contributed by atoms with Gasteiger partial charge in [-0.25, -0.2) is 0 Å². The van der Waals surface area contributed by atoms with Gasteiger partial charge in [0.05, 0.1) is 17.9 Å². The van der Waals surface area contributed by atoms with Gasteiger partial charge in [-0.05, 0) is 18.6 Å². The van der Waals surface area contributed by atoms with Crippen LogP contribution in [0, 0.1) is 0 Å². The first kappa shape index (κ1) is 13.6. The summed E-state index contributed by atoms with van der Waals surface area (Å²) in [5, 5.41) is 3.91. The summed E-state index contributed by atoms with van der Waals surface area (Å²) in [6.07, 6.45) is 3.43. The summed E-state index contributed by atoms with van der Waals surface area (Å²) >= 11 is 0. The molecule has 1 heterocycles. The van der Waals surface area contributed by atoms with Gasteiger partial charge >= 0.3 is 0 Å². The first-order valence-corrected chi connectivity index (χ1v) is 6.73. The highest BCUT2D eigenvalue weighted by Gasteiger charge is 2.11. The van der Waals surface area contributed by atoms with Crippen molar-refractivity contribution < 1.29 is 9.26 Å². The SMILES string of the molecule is CCCCCOc1ccccc1-c1cc(CN)no1. The summed E-state index contributed by atoms with van der Waals surface area (Å²) in [5.41, 5.74) is 7.21. The molecule has 4 heteroatoms. The summed E-state index contributed by atoms with van der Waals surface area (Å²) in [5.74, 6) is 1.53. The van der Waals surface area contributed by atoms with Crippen molar-refractivity contribution in [1.82, 2.24) is 5.16 Å². The molecule has 1 aromatic carbocycles. The molecular weight excluding hydrogens is 240 g/mol. The third-order valence-electron chi connectivity index (χ3n) is 2.93. The molecule has 0 fully saturated rings. The Bertz CT molecular complexity index is 508. The van der Waals surface area contributed by atoms with Crippen LogP contribution in [0.4, 0.5) is 0 Å². The van der Waals surface area contributed by atoms with Gasteiger partial charge in [0.2, 0.25) is 0 Å². The van der Waals surface area contributed by atoms with Crippen LogP contribution >= 0.6 is 0 Å². The van der Waals surface area contributed by atoms with Crippen LogP contribution in [0.25, 0.3) is 11.3 Å². The van der Waals surface area contributed by atoms with E-state index in [1.165, 1.54) is 12.8 Å². The molecule has 4 nitrogen and oxygen atoms in total. The minimum atomic E-state index is 0.378. The molecule has 0 saturated carbocycles. The van der Waals surface area contributed by atoms with Gasteiger partial charge in [0.25, 0.3) is 0 Å². The van der Waals surface area contributed by atoms with Crippen LogP contribution in [0.3, 0.4) is 0 Å². The lowest BCUT2D eigenvalue weighted by atomic mass is 10.1. The third-order valence-corrected chi connectivity index (χ3v) is 2.93. The number of hydrogen-bond donors (Lipinski definition) is 1. The zero-order chi connectivity index (χ0) is 13.5. The molecule has 0 aliphatic rings. The Morgan fingerprint density at radius 3 is 2.84 bits per heavy atom. The van der Waals surface area contributed by atoms with E-state index in [4.69, 9.17) is 15.0 Å². The second-order valence-corrected chi connectivity index (χ2v) is 4.44. The van der Waals surface area contributed by atoms with Crippen molar-refractivity contribution in [3.8, 4) is 17.1 Å². The Kier molecular flexibility index (Phi) is 4.98. The van der Waals surface area contributed by atoms with Crippen molar-refractivity contribution in [2.75, 3.05) is 6.61 Å². The first-order valence-electron chi connectivity index (χ1n) is 6.73. The minimum absolute atomic E-state index is 0.378. The Morgan fingerprint density at radius 1 is 1.26 bits per heavy atom. The maximum Gasteiger partial charge on any atom is 0.170 e. The van der Waals surface area contributed by atoms with Gasteiger partial charge in [-0.2, -0.15) is 0 Å². The minimum Gasteiger partial charge on any atom is -0.493 e. The van der Waals surface area contributed by atoms with Gasteiger partial charge in [-0.1, -0.05) is 37.1 Å². The molecule has 2 rings (SSSR count). The monoisotopic (exact) mass is 260 g/mol. The van der Waals surface area contributed by atoms with Crippen molar-refractivity contribution in [2.45, 2.75) is 32.7 Å². The van der Waals surface area contributed by atoms with E-state index in [2.05, 4.69) is 12.1 Å². The Labute approximate surface area is 113 Å². The molecule has 1 aromatic heterocycles. The van der Waals surface area contributed by atoms with E-state index in [0.29, 0.717) is 12.3 Å². The molecule has 2 N–H and O–H groups in total. The van der Waals surface area contributed by atoms with Crippen molar-refractivity contribution in [3.05, 3.63) is 36.0 Å². The maximum absolute atomic E-state index is 5.82. The van der Waals surface area contributed by atoms with Crippen LogP contribution in [-0.4, -0.2) is 11.8 Å². The quantitative estimate of drug-likeness (QED) is 0.775. The predicted octanol–water partition coefficient (Wildman–Crippen LogP) is 3.37. The normalized spacial score (nSPS) is 10.6. The molecule has 2 aromatic rings. The van der Waals surface area contributed by atoms with E-state index in [1.807, 2.05) is 30.3 Å². The average Bonchev–Trinajstić information content (AvgIpc) is 2.93.